The quantitative estimate of drug-likeness (QED) is 0.747. The van der Waals surface area contributed by atoms with Crippen LogP contribution in [-0.4, -0.2) is 20.1 Å². The molecule has 30 heavy (non-hydrogen) atoms. The molecule has 2 aromatic rings. The summed E-state index contributed by atoms with van der Waals surface area (Å²) in [6.45, 7) is 0.558. The maximum Gasteiger partial charge on any atom is 0.226 e. The Balaban J connectivity index is 1.37. The second-order valence-electron chi connectivity index (χ2n) is 9.78. The number of hydrogen-bond donors (Lipinski definition) is 1. The van der Waals surface area contributed by atoms with Gasteiger partial charge < -0.3 is 14.8 Å². The SMILES string of the molecule is COc1ccc(C23CC4CC(CC(C(=O)NCc5cccc(OC)c5)(C4)C2)C3)cc1. The lowest BCUT2D eigenvalue weighted by molar-refractivity contribution is -0.149. The predicted octanol–water partition coefficient (Wildman–Crippen LogP) is 4.86. The zero-order valence-corrected chi connectivity index (χ0v) is 17.9. The van der Waals surface area contributed by atoms with Gasteiger partial charge in [-0.2, -0.15) is 0 Å². The third-order valence-electron chi connectivity index (χ3n) is 7.83. The van der Waals surface area contributed by atoms with Crippen molar-refractivity contribution in [1.82, 2.24) is 5.32 Å². The summed E-state index contributed by atoms with van der Waals surface area (Å²) in [6, 6.07) is 16.6. The Morgan fingerprint density at radius 1 is 0.967 bits per heavy atom. The number of ether oxygens (including phenoxy) is 2. The summed E-state index contributed by atoms with van der Waals surface area (Å²) >= 11 is 0. The van der Waals surface area contributed by atoms with Crippen molar-refractivity contribution in [3.63, 3.8) is 0 Å². The number of amides is 1. The van der Waals surface area contributed by atoms with Gasteiger partial charge in [-0.05, 0) is 91.2 Å². The molecule has 0 radical (unpaired) electrons. The fourth-order valence-corrected chi connectivity index (χ4v) is 6.96. The monoisotopic (exact) mass is 405 g/mol. The van der Waals surface area contributed by atoms with E-state index in [2.05, 4.69) is 29.6 Å². The van der Waals surface area contributed by atoms with E-state index < -0.39 is 0 Å². The highest BCUT2D eigenvalue weighted by molar-refractivity contribution is 5.83. The van der Waals surface area contributed by atoms with Gasteiger partial charge in [0.2, 0.25) is 5.91 Å². The summed E-state index contributed by atoms with van der Waals surface area (Å²) in [4.78, 5) is 13.5. The number of rotatable bonds is 6. The minimum Gasteiger partial charge on any atom is -0.497 e. The van der Waals surface area contributed by atoms with E-state index in [1.807, 2.05) is 24.3 Å². The molecule has 2 unspecified atom stereocenters. The van der Waals surface area contributed by atoms with Gasteiger partial charge in [-0.25, -0.2) is 0 Å². The normalized spacial score (nSPS) is 31.4. The van der Waals surface area contributed by atoms with Gasteiger partial charge in [0.15, 0.2) is 0 Å². The maximum atomic E-state index is 13.5. The molecule has 4 nitrogen and oxygen atoms in total. The van der Waals surface area contributed by atoms with Crippen LogP contribution in [0.15, 0.2) is 48.5 Å². The van der Waals surface area contributed by atoms with Gasteiger partial charge in [0.25, 0.3) is 0 Å². The highest BCUT2D eigenvalue weighted by atomic mass is 16.5. The Morgan fingerprint density at radius 3 is 2.33 bits per heavy atom. The number of carbonyl (C=O) groups excluding carboxylic acids is 1. The first-order valence-electron chi connectivity index (χ1n) is 11.1. The fourth-order valence-electron chi connectivity index (χ4n) is 6.96. The number of carbonyl (C=O) groups is 1. The summed E-state index contributed by atoms with van der Waals surface area (Å²) in [5.74, 6) is 3.30. The molecule has 0 spiro atoms. The van der Waals surface area contributed by atoms with Gasteiger partial charge in [-0.3, -0.25) is 4.79 Å². The van der Waals surface area contributed by atoms with Crippen LogP contribution < -0.4 is 14.8 Å². The van der Waals surface area contributed by atoms with Crippen molar-refractivity contribution in [3.05, 3.63) is 59.7 Å². The van der Waals surface area contributed by atoms with E-state index >= 15 is 0 Å². The zero-order valence-electron chi connectivity index (χ0n) is 17.9. The van der Waals surface area contributed by atoms with Crippen LogP contribution in [0.4, 0.5) is 0 Å². The first-order chi connectivity index (χ1) is 14.5. The molecule has 1 N–H and O–H groups in total. The number of nitrogens with one attached hydrogen (secondary N) is 1. The van der Waals surface area contributed by atoms with Gasteiger partial charge in [0.1, 0.15) is 11.5 Å². The van der Waals surface area contributed by atoms with Crippen molar-refractivity contribution < 1.29 is 14.3 Å². The molecule has 1 amide bonds. The molecule has 6 rings (SSSR count). The van der Waals surface area contributed by atoms with E-state index in [1.54, 1.807) is 14.2 Å². The van der Waals surface area contributed by atoms with Crippen LogP contribution in [0, 0.1) is 17.3 Å². The van der Waals surface area contributed by atoms with Crippen LogP contribution in [0.5, 0.6) is 11.5 Å². The Labute approximate surface area is 179 Å². The Kier molecular flexibility index (Phi) is 4.76. The first-order valence-corrected chi connectivity index (χ1v) is 11.1. The molecule has 4 aliphatic carbocycles. The van der Waals surface area contributed by atoms with Crippen molar-refractivity contribution in [2.24, 2.45) is 17.3 Å². The predicted molar refractivity (Wildman–Crippen MR) is 117 cm³/mol. The average molecular weight is 406 g/mol. The maximum absolute atomic E-state index is 13.5. The highest BCUT2D eigenvalue weighted by Crippen LogP contribution is 2.65. The topological polar surface area (TPSA) is 47.6 Å². The number of hydrogen-bond acceptors (Lipinski definition) is 3. The van der Waals surface area contributed by atoms with Gasteiger partial charge in [0, 0.05) is 6.54 Å². The second kappa shape index (κ2) is 7.33. The van der Waals surface area contributed by atoms with E-state index in [9.17, 15) is 4.79 Å². The van der Waals surface area contributed by atoms with E-state index in [0.717, 1.165) is 36.3 Å². The van der Waals surface area contributed by atoms with Crippen molar-refractivity contribution in [3.8, 4) is 11.5 Å². The van der Waals surface area contributed by atoms with Crippen LogP contribution in [0.1, 0.15) is 49.7 Å². The van der Waals surface area contributed by atoms with Crippen LogP contribution in [0.3, 0.4) is 0 Å². The molecule has 2 aromatic carbocycles. The molecule has 0 saturated heterocycles. The molecule has 4 heteroatoms. The first kappa shape index (κ1) is 19.5. The van der Waals surface area contributed by atoms with Crippen molar-refractivity contribution in [2.45, 2.75) is 50.5 Å². The van der Waals surface area contributed by atoms with Gasteiger partial charge in [0.05, 0.1) is 19.6 Å². The summed E-state index contributed by atoms with van der Waals surface area (Å²) in [5, 5.41) is 3.28. The largest absolute Gasteiger partial charge is 0.497 e. The Bertz CT molecular complexity index is 922. The molecule has 4 aliphatic rings. The Hall–Kier alpha value is -2.49. The van der Waals surface area contributed by atoms with E-state index in [4.69, 9.17) is 9.47 Å². The average Bonchev–Trinajstić information content (AvgIpc) is 2.76. The van der Waals surface area contributed by atoms with Crippen molar-refractivity contribution in [1.29, 1.82) is 0 Å². The summed E-state index contributed by atoms with van der Waals surface area (Å²) in [7, 11) is 3.38. The zero-order chi connectivity index (χ0) is 20.8. The van der Waals surface area contributed by atoms with Crippen LogP contribution >= 0.6 is 0 Å². The molecule has 0 heterocycles. The van der Waals surface area contributed by atoms with Crippen LogP contribution in [-0.2, 0) is 16.8 Å². The third kappa shape index (κ3) is 3.27. The molecular formula is C26H31NO3. The van der Waals surface area contributed by atoms with Gasteiger partial charge >= 0.3 is 0 Å². The molecule has 0 aliphatic heterocycles. The highest BCUT2D eigenvalue weighted by Gasteiger charge is 2.60. The minimum atomic E-state index is -0.219. The van der Waals surface area contributed by atoms with Crippen molar-refractivity contribution in [2.75, 3.05) is 14.2 Å². The second-order valence-corrected chi connectivity index (χ2v) is 9.78. The lowest BCUT2D eigenvalue weighted by Crippen LogP contribution is -2.59. The van der Waals surface area contributed by atoms with Gasteiger partial charge in [-0.15, -0.1) is 0 Å². The van der Waals surface area contributed by atoms with E-state index in [1.165, 1.54) is 24.8 Å². The summed E-state index contributed by atoms with van der Waals surface area (Å²) < 4.78 is 10.7. The standard InChI is InChI=1S/C26H31NO3/c1-29-22-8-6-21(7-9-22)25-12-19-10-20(13-25)15-26(14-19,17-25)24(28)27-16-18-4-3-5-23(11-18)30-2/h3-9,11,19-20H,10,12-17H2,1-2H3,(H,27,28). The van der Waals surface area contributed by atoms with Crippen molar-refractivity contribution >= 4 is 5.91 Å². The lowest BCUT2D eigenvalue weighted by atomic mass is 9.42. The third-order valence-corrected chi connectivity index (χ3v) is 7.83. The molecule has 4 fully saturated rings. The smallest absolute Gasteiger partial charge is 0.226 e. The molecule has 2 atom stereocenters. The number of benzene rings is 2. The minimum absolute atomic E-state index is 0.143. The van der Waals surface area contributed by atoms with Gasteiger partial charge in [-0.1, -0.05) is 24.3 Å². The molecular weight excluding hydrogens is 374 g/mol. The van der Waals surface area contributed by atoms with E-state index in [0.29, 0.717) is 18.4 Å². The lowest BCUT2D eigenvalue weighted by Gasteiger charge is -2.61. The Morgan fingerprint density at radius 2 is 1.67 bits per heavy atom. The fraction of sp³-hybridized carbons (Fsp3) is 0.500. The molecule has 0 aromatic heterocycles. The summed E-state index contributed by atoms with van der Waals surface area (Å²) in [5.41, 5.74) is 2.40. The molecule has 158 valence electrons. The molecule has 4 saturated carbocycles. The van der Waals surface area contributed by atoms with Crippen LogP contribution in [0.25, 0.3) is 0 Å². The number of methoxy groups -OCH3 is 2. The summed E-state index contributed by atoms with van der Waals surface area (Å²) in [6.07, 6.45) is 6.81. The molecule has 4 bridgehead atoms. The van der Waals surface area contributed by atoms with E-state index in [-0.39, 0.29) is 16.7 Å². The van der Waals surface area contributed by atoms with Crippen LogP contribution in [0.2, 0.25) is 0 Å².